The normalized spacial score (nSPS) is 26.6. The van der Waals surface area contributed by atoms with E-state index in [0.29, 0.717) is 6.42 Å². The molecule has 1 aromatic rings. The molecule has 0 unspecified atom stereocenters. The third kappa shape index (κ3) is 3.38. The number of ether oxygens (including phenoxy) is 1. The maximum atomic E-state index is 14.4. The van der Waals surface area contributed by atoms with Crippen LogP contribution < -0.4 is 0 Å². The second kappa shape index (κ2) is 6.44. The van der Waals surface area contributed by atoms with E-state index in [2.05, 4.69) is 0 Å². The Kier molecular flexibility index (Phi) is 4.66. The van der Waals surface area contributed by atoms with Crippen molar-refractivity contribution in [2.24, 2.45) is 5.92 Å². The second-order valence-electron chi connectivity index (χ2n) is 8.16. The highest BCUT2D eigenvalue weighted by atomic mass is 19.1. The highest BCUT2D eigenvalue weighted by Gasteiger charge is 2.70. The number of nitrogens with zero attached hydrogens (tertiary/aromatic N) is 2. The SMILES string of the molecule is CON(C)C(=O)[C@H]1[C@@H]2C[C@@]2(c2cc(F)ccc2F)CN1C(=O)OC(C)(C)C. The summed E-state index contributed by atoms with van der Waals surface area (Å²) in [5, 5.41) is 1.04. The minimum atomic E-state index is -0.854. The molecule has 0 N–H and O–H groups in total. The molecule has 0 radical (unpaired) electrons. The Labute approximate surface area is 157 Å². The van der Waals surface area contributed by atoms with Crippen molar-refractivity contribution in [2.75, 3.05) is 20.7 Å². The van der Waals surface area contributed by atoms with Crippen LogP contribution in [0, 0.1) is 17.6 Å². The Morgan fingerprint density at radius 2 is 1.96 bits per heavy atom. The van der Waals surface area contributed by atoms with Crippen molar-refractivity contribution >= 4 is 12.0 Å². The zero-order valence-electron chi connectivity index (χ0n) is 16.1. The van der Waals surface area contributed by atoms with Gasteiger partial charge < -0.3 is 4.74 Å². The zero-order chi connectivity index (χ0) is 20.1. The number of rotatable bonds is 3. The maximum Gasteiger partial charge on any atom is 0.411 e. The van der Waals surface area contributed by atoms with Crippen molar-refractivity contribution in [1.29, 1.82) is 0 Å². The first-order chi connectivity index (χ1) is 12.5. The number of carbonyl (C=O) groups excluding carboxylic acids is 2. The fourth-order valence-corrected chi connectivity index (χ4v) is 3.90. The standard InChI is InChI=1S/C19H24F2N2O4/c1-18(2,3)27-17(25)23-10-19(12-8-11(20)6-7-14(12)21)9-13(19)15(23)16(24)22(4)26-5/h6-8,13,15H,9-10H2,1-5H3/t13-,15+,19-/m0/s1. The number of hydrogen-bond donors (Lipinski definition) is 0. The zero-order valence-corrected chi connectivity index (χ0v) is 16.1. The van der Waals surface area contributed by atoms with Gasteiger partial charge in [0.15, 0.2) is 0 Å². The number of piperidine rings is 1. The van der Waals surface area contributed by atoms with Gasteiger partial charge in [0.25, 0.3) is 5.91 Å². The van der Waals surface area contributed by atoms with E-state index in [1.807, 2.05) is 0 Å². The molecular weight excluding hydrogens is 358 g/mol. The van der Waals surface area contributed by atoms with Crippen molar-refractivity contribution in [3.63, 3.8) is 0 Å². The molecule has 1 saturated carbocycles. The lowest BCUT2D eigenvalue weighted by Crippen LogP contribution is -2.50. The quantitative estimate of drug-likeness (QED) is 0.755. The highest BCUT2D eigenvalue weighted by molar-refractivity contribution is 5.87. The number of fused-ring (bicyclic) bond motifs is 1. The third-order valence-corrected chi connectivity index (χ3v) is 5.23. The number of amides is 2. The van der Waals surface area contributed by atoms with Crippen LogP contribution in [0.15, 0.2) is 18.2 Å². The summed E-state index contributed by atoms with van der Waals surface area (Å²) in [7, 11) is 2.79. The van der Waals surface area contributed by atoms with Gasteiger partial charge >= 0.3 is 6.09 Å². The Morgan fingerprint density at radius 3 is 2.56 bits per heavy atom. The minimum absolute atomic E-state index is 0.0842. The van der Waals surface area contributed by atoms with Gasteiger partial charge in [-0.2, -0.15) is 0 Å². The van der Waals surface area contributed by atoms with Crippen LogP contribution in [-0.4, -0.2) is 54.3 Å². The van der Waals surface area contributed by atoms with Gasteiger partial charge in [-0.1, -0.05) is 0 Å². The summed E-state index contributed by atoms with van der Waals surface area (Å²) in [6.45, 7) is 5.26. The number of hydroxylamine groups is 2. The molecule has 1 saturated heterocycles. The monoisotopic (exact) mass is 382 g/mol. The second-order valence-corrected chi connectivity index (χ2v) is 8.16. The topological polar surface area (TPSA) is 59.1 Å². The molecule has 0 spiro atoms. The summed E-state index contributed by atoms with van der Waals surface area (Å²) in [5.74, 6) is -1.86. The van der Waals surface area contributed by atoms with E-state index < -0.39 is 40.7 Å². The molecular formula is C19H24F2N2O4. The first kappa shape index (κ1) is 19.5. The van der Waals surface area contributed by atoms with Crippen molar-refractivity contribution in [3.8, 4) is 0 Å². The van der Waals surface area contributed by atoms with Gasteiger partial charge in [-0.15, -0.1) is 0 Å². The van der Waals surface area contributed by atoms with E-state index in [1.165, 1.54) is 19.1 Å². The predicted molar refractivity (Wildman–Crippen MR) is 92.7 cm³/mol. The molecule has 27 heavy (non-hydrogen) atoms. The third-order valence-electron chi connectivity index (χ3n) is 5.23. The molecule has 2 fully saturated rings. The molecule has 2 aliphatic rings. The van der Waals surface area contributed by atoms with Gasteiger partial charge in [-0.3, -0.25) is 14.5 Å². The summed E-state index contributed by atoms with van der Waals surface area (Å²) in [6.07, 6.45) is -0.172. The Bertz CT molecular complexity index is 779. The molecule has 1 aliphatic carbocycles. The molecule has 3 rings (SSSR count). The van der Waals surface area contributed by atoms with Gasteiger partial charge in [0.1, 0.15) is 23.3 Å². The molecule has 1 heterocycles. The molecule has 0 bridgehead atoms. The van der Waals surface area contributed by atoms with E-state index in [-0.39, 0.29) is 18.0 Å². The average Bonchev–Trinajstić information content (AvgIpc) is 3.20. The predicted octanol–water partition coefficient (Wildman–Crippen LogP) is 2.86. The summed E-state index contributed by atoms with van der Waals surface area (Å²) in [4.78, 5) is 31.8. The Morgan fingerprint density at radius 1 is 1.30 bits per heavy atom. The van der Waals surface area contributed by atoms with Gasteiger partial charge in [-0.25, -0.2) is 18.6 Å². The van der Waals surface area contributed by atoms with Crippen LogP contribution in [0.5, 0.6) is 0 Å². The summed E-state index contributed by atoms with van der Waals surface area (Å²) >= 11 is 0. The van der Waals surface area contributed by atoms with Gasteiger partial charge in [0.05, 0.1) is 7.11 Å². The number of hydrogen-bond acceptors (Lipinski definition) is 4. The number of halogens is 2. The van der Waals surface area contributed by atoms with Crippen LogP contribution >= 0.6 is 0 Å². The van der Waals surface area contributed by atoms with Crippen molar-refractivity contribution in [1.82, 2.24) is 9.96 Å². The van der Waals surface area contributed by atoms with Crippen molar-refractivity contribution < 1.29 is 27.9 Å². The van der Waals surface area contributed by atoms with E-state index in [4.69, 9.17) is 9.57 Å². The van der Waals surface area contributed by atoms with Crippen LogP contribution in [-0.2, 0) is 19.8 Å². The summed E-state index contributed by atoms with van der Waals surface area (Å²) in [6, 6.07) is 2.42. The highest BCUT2D eigenvalue weighted by Crippen LogP contribution is 2.62. The van der Waals surface area contributed by atoms with E-state index in [9.17, 15) is 18.4 Å². The van der Waals surface area contributed by atoms with Gasteiger partial charge in [-0.05, 0) is 51.0 Å². The molecule has 148 valence electrons. The lowest BCUT2D eigenvalue weighted by atomic mass is 9.93. The van der Waals surface area contributed by atoms with Crippen LogP contribution in [0.4, 0.5) is 13.6 Å². The van der Waals surface area contributed by atoms with Crippen LogP contribution in [0.2, 0.25) is 0 Å². The molecule has 3 atom stereocenters. The smallest absolute Gasteiger partial charge is 0.411 e. The largest absolute Gasteiger partial charge is 0.444 e. The fourth-order valence-electron chi connectivity index (χ4n) is 3.90. The van der Waals surface area contributed by atoms with Gasteiger partial charge in [0.2, 0.25) is 0 Å². The Balaban J connectivity index is 1.97. The fraction of sp³-hybridized carbons (Fsp3) is 0.579. The van der Waals surface area contributed by atoms with Crippen LogP contribution in [0.25, 0.3) is 0 Å². The average molecular weight is 382 g/mol. The number of carbonyl (C=O) groups is 2. The molecule has 2 amide bonds. The van der Waals surface area contributed by atoms with Crippen LogP contribution in [0.1, 0.15) is 32.8 Å². The number of likely N-dealkylation sites (N-methyl/N-ethyl adjacent to an activating group) is 1. The van der Waals surface area contributed by atoms with Crippen LogP contribution in [0.3, 0.4) is 0 Å². The van der Waals surface area contributed by atoms with Crippen molar-refractivity contribution in [3.05, 3.63) is 35.4 Å². The van der Waals surface area contributed by atoms with E-state index >= 15 is 0 Å². The molecule has 1 aromatic carbocycles. The number of likely N-dealkylation sites (tertiary alicyclic amines) is 1. The molecule has 1 aliphatic heterocycles. The lowest BCUT2D eigenvalue weighted by molar-refractivity contribution is -0.174. The van der Waals surface area contributed by atoms with E-state index in [1.54, 1.807) is 20.8 Å². The summed E-state index contributed by atoms with van der Waals surface area (Å²) in [5.41, 5.74) is -1.35. The number of benzene rings is 1. The first-order valence-electron chi connectivity index (χ1n) is 8.77. The molecule has 0 aromatic heterocycles. The van der Waals surface area contributed by atoms with E-state index in [0.717, 1.165) is 23.3 Å². The van der Waals surface area contributed by atoms with Gasteiger partial charge in [0, 0.05) is 24.9 Å². The Hall–Kier alpha value is -2.22. The summed E-state index contributed by atoms with van der Waals surface area (Å²) < 4.78 is 33.6. The maximum absolute atomic E-state index is 14.4. The lowest BCUT2D eigenvalue weighted by Gasteiger charge is -2.31. The molecule has 6 nitrogen and oxygen atoms in total. The minimum Gasteiger partial charge on any atom is -0.444 e. The first-order valence-corrected chi connectivity index (χ1v) is 8.77. The van der Waals surface area contributed by atoms with Crippen molar-refractivity contribution in [2.45, 2.75) is 44.2 Å². The molecule has 8 heteroatoms.